The first-order valence-corrected chi connectivity index (χ1v) is 6.45. The Morgan fingerprint density at radius 3 is 2.58 bits per heavy atom. The zero-order valence-corrected chi connectivity index (χ0v) is 10.6. The largest absolute Gasteiger partial charge is 0.367 e. The molecular formula is C13H16N2O4. The van der Waals surface area contributed by atoms with Gasteiger partial charge in [0.15, 0.2) is 11.2 Å². The van der Waals surface area contributed by atoms with E-state index in [4.69, 9.17) is 9.47 Å². The number of likely N-dealkylation sites (tertiary alicyclic amines) is 1. The van der Waals surface area contributed by atoms with E-state index < -0.39 is 5.79 Å². The van der Waals surface area contributed by atoms with Crippen molar-refractivity contribution in [3.05, 3.63) is 34.2 Å². The van der Waals surface area contributed by atoms with Crippen LogP contribution in [0.2, 0.25) is 0 Å². The molecule has 2 aliphatic rings. The highest BCUT2D eigenvalue weighted by molar-refractivity contribution is 5.93. The van der Waals surface area contributed by atoms with Gasteiger partial charge in [-0.25, -0.2) is 0 Å². The summed E-state index contributed by atoms with van der Waals surface area (Å²) < 4.78 is 11.2. The number of aromatic amines is 1. The van der Waals surface area contributed by atoms with Gasteiger partial charge in [-0.15, -0.1) is 0 Å². The van der Waals surface area contributed by atoms with Crippen molar-refractivity contribution >= 4 is 5.91 Å². The molecule has 3 rings (SSSR count). The first kappa shape index (κ1) is 12.4. The Kier molecular flexibility index (Phi) is 3.12. The van der Waals surface area contributed by atoms with Crippen LogP contribution in [-0.4, -0.2) is 47.9 Å². The van der Waals surface area contributed by atoms with Crippen molar-refractivity contribution in [2.45, 2.75) is 18.6 Å². The van der Waals surface area contributed by atoms with Gasteiger partial charge in [-0.3, -0.25) is 9.59 Å². The molecule has 102 valence electrons. The van der Waals surface area contributed by atoms with E-state index in [1.807, 2.05) is 0 Å². The Balaban J connectivity index is 1.70. The SMILES string of the molecule is O=C(c1c[nH]ccc1=O)N1CCC2(CC1)OCCO2. The summed E-state index contributed by atoms with van der Waals surface area (Å²) in [5, 5.41) is 0. The molecule has 0 bridgehead atoms. The van der Waals surface area contributed by atoms with Gasteiger partial charge in [0.1, 0.15) is 5.56 Å². The van der Waals surface area contributed by atoms with Crippen LogP contribution < -0.4 is 5.43 Å². The van der Waals surface area contributed by atoms with E-state index in [9.17, 15) is 9.59 Å². The number of ether oxygens (including phenoxy) is 2. The maximum atomic E-state index is 12.2. The molecule has 3 heterocycles. The van der Waals surface area contributed by atoms with Crippen LogP contribution in [-0.2, 0) is 9.47 Å². The number of aromatic nitrogens is 1. The number of nitrogens with one attached hydrogen (secondary N) is 1. The quantitative estimate of drug-likeness (QED) is 0.794. The van der Waals surface area contributed by atoms with Crippen molar-refractivity contribution in [1.82, 2.24) is 9.88 Å². The first-order valence-electron chi connectivity index (χ1n) is 6.45. The molecule has 1 spiro atoms. The van der Waals surface area contributed by atoms with Gasteiger partial charge in [-0.2, -0.15) is 0 Å². The number of pyridine rings is 1. The fraction of sp³-hybridized carbons (Fsp3) is 0.538. The van der Waals surface area contributed by atoms with Crippen LogP contribution in [0.25, 0.3) is 0 Å². The number of H-pyrrole nitrogens is 1. The normalized spacial score (nSPS) is 21.8. The molecule has 0 radical (unpaired) electrons. The third-order valence-corrected chi connectivity index (χ3v) is 3.68. The monoisotopic (exact) mass is 264 g/mol. The van der Waals surface area contributed by atoms with E-state index >= 15 is 0 Å². The molecule has 19 heavy (non-hydrogen) atoms. The number of hydrogen-bond donors (Lipinski definition) is 1. The molecule has 1 N–H and O–H groups in total. The van der Waals surface area contributed by atoms with Crippen molar-refractivity contribution in [2.24, 2.45) is 0 Å². The molecule has 6 nitrogen and oxygen atoms in total. The summed E-state index contributed by atoms with van der Waals surface area (Å²) in [6.07, 6.45) is 4.29. The Bertz CT molecular complexity index is 523. The van der Waals surface area contributed by atoms with Crippen LogP contribution in [0.5, 0.6) is 0 Å². The van der Waals surface area contributed by atoms with Crippen LogP contribution in [0.4, 0.5) is 0 Å². The van der Waals surface area contributed by atoms with Gasteiger partial charge < -0.3 is 19.4 Å². The summed E-state index contributed by atoms with van der Waals surface area (Å²) in [6.45, 7) is 2.33. The van der Waals surface area contributed by atoms with Gasteiger partial charge in [0.25, 0.3) is 5.91 Å². The van der Waals surface area contributed by atoms with E-state index in [1.165, 1.54) is 18.5 Å². The second kappa shape index (κ2) is 4.79. The zero-order valence-electron chi connectivity index (χ0n) is 10.6. The molecular weight excluding hydrogens is 248 g/mol. The standard InChI is InChI=1S/C13H16N2O4/c16-11-1-4-14-9-10(11)12(17)15-5-2-13(3-6-15)18-7-8-19-13/h1,4,9H,2-3,5-8H2,(H,14,16). The van der Waals surface area contributed by atoms with E-state index in [0.29, 0.717) is 39.1 Å². The molecule has 1 aromatic heterocycles. The van der Waals surface area contributed by atoms with Gasteiger partial charge >= 0.3 is 0 Å². The number of carbonyl (C=O) groups excluding carboxylic acids is 1. The molecule has 1 amide bonds. The number of nitrogens with zero attached hydrogens (tertiary/aromatic N) is 1. The molecule has 2 aliphatic heterocycles. The molecule has 6 heteroatoms. The number of hydrogen-bond acceptors (Lipinski definition) is 4. The molecule has 1 aromatic rings. The van der Waals surface area contributed by atoms with E-state index in [1.54, 1.807) is 4.90 Å². The predicted molar refractivity (Wildman–Crippen MR) is 66.8 cm³/mol. The van der Waals surface area contributed by atoms with Crippen molar-refractivity contribution in [3.8, 4) is 0 Å². The van der Waals surface area contributed by atoms with Crippen molar-refractivity contribution < 1.29 is 14.3 Å². The van der Waals surface area contributed by atoms with Crippen LogP contribution in [0.1, 0.15) is 23.2 Å². The minimum absolute atomic E-state index is 0.187. The molecule has 0 aromatic carbocycles. The third kappa shape index (κ3) is 2.29. The Hall–Kier alpha value is -1.66. The Morgan fingerprint density at radius 2 is 1.95 bits per heavy atom. The molecule has 0 unspecified atom stereocenters. The number of rotatable bonds is 1. The minimum atomic E-state index is -0.500. The van der Waals surface area contributed by atoms with Gasteiger partial charge in [0.05, 0.1) is 13.2 Å². The predicted octanol–water partition coefficient (Wildman–Crippen LogP) is 0.354. The molecule has 2 fully saturated rings. The maximum Gasteiger partial charge on any atom is 0.259 e. The average molecular weight is 264 g/mol. The van der Waals surface area contributed by atoms with Crippen LogP contribution in [0.15, 0.2) is 23.3 Å². The lowest BCUT2D eigenvalue weighted by Crippen LogP contribution is -2.48. The Morgan fingerprint density at radius 1 is 1.26 bits per heavy atom. The number of carbonyl (C=O) groups is 1. The summed E-state index contributed by atoms with van der Waals surface area (Å²) in [5.41, 5.74) is -0.0656. The second-order valence-electron chi connectivity index (χ2n) is 4.82. The summed E-state index contributed by atoms with van der Waals surface area (Å²) >= 11 is 0. The number of piperidine rings is 1. The van der Waals surface area contributed by atoms with Gasteiger partial charge in [-0.05, 0) is 0 Å². The lowest BCUT2D eigenvalue weighted by atomic mass is 10.0. The highest BCUT2D eigenvalue weighted by Crippen LogP contribution is 2.31. The zero-order chi connectivity index (χ0) is 13.3. The fourth-order valence-corrected chi connectivity index (χ4v) is 2.59. The summed E-state index contributed by atoms with van der Waals surface area (Å²) in [4.78, 5) is 28.3. The molecule has 0 saturated carbocycles. The van der Waals surface area contributed by atoms with E-state index in [-0.39, 0.29) is 16.9 Å². The van der Waals surface area contributed by atoms with Gasteiger partial charge in [0, 0.05) is 44.4 Å². The topological polar surface area (TPSA) is 71.6 Å². The lowest BCUT2D eigenvalue weighted by Gasteiger charge is -2.37. The first-order chi connectivity index (χ1) is 9.20. The van der Waals surface area contributed by atoms with E-state index in [0.717, 1.165) is 0 Å². The maximum absolute atomic E-state index is 12.2. The summed E-state index contributed by atoms with van der Waals surface area (Å²) in [7, 11) is 0. The minimum Gasteiger partial charge on any atom is -0.367 e. The smallest absolute Gasteiger partial charge is 0.259 e. The third-order valence-electron chi connectivity index (χ3n) is 3.68. The summed E-state index contributed by atoms with van der Waals surface area (Å²) in [5.74, 6) is -0.727. The Labute approximate surface area is 110 Å². The second-order valence-corrected chi connectivity index (χ2v) is 4.82. The van der Waals surface area contributed by atoms with Crippen LogP contribution in [0.3, 0.4) is 0 Å². The average Bonchev–Trinajstić information content (AvgIpc) is 2.88. The van der Waals surface area contributed by atoms with Gasteiger partial charge in [0.2, 0.25) is 0 Å². The highest BCUT2D eigenvalue weighted by atomic mass is 16.7. The van der Waals surface area contributed by atoms with E-state index in [2.05, 4.69) is 4.98 Å². The molecule has 2 saturated heterocycles. The molecule has 0 atom stereocenters. The van der Waals surface area contributed by atoms with Gasteiger partial charge in [-0.1, -0.05) is 0 Å². The van der Waals surface area contributed by atoms with Crippen molar-refractivity contribution in [1.29, 1.82) is 0 Å². The highest BCUT2D eigenvalue weighted by Gasteiger charge is 2.41. The lowest BCUT2D eigenvalue weighted by molar-refractivity contribution is -0.181. The summed E-state index contributed by atoms with van der Waals surface area (Å²) in [6, 6.07) is 1.36. The van der Waals surface area contributed by atoms with Crippen LogP contribution >= 0.6 is 0 Å². The van der Waals surface area contributed by atoms with Crippen LogP contribution in [0, 0.1) is 0 Å². The van der Waals surface area contributed by atoms with Crippen molar-refractivity contribution in [2.75, 3.05) is 26.3 Å². The number of amides is 1. The fourth-order valence-electron chi connectivity index (χ4n) is 2.59. The van der Waals surface area contributed by atoms with Crippen molar-refractivity contribution in [3.63, 3.8) is 0 Å². The molecule has 0 aliphatic carbocycles.